The average Bonchev–Trinajstić information content (AvgIpc) is 2.12. The Hall–Kier alpha value is -0.990. The molecule has 0 aliphatic carbocycles. The lowest BCUT2D eigenvalue weighted by atomic mass is 10.1. The Morgan fingerprint density at radius 2 is 2.08 bits per heavy atom. The second-order valence-corrected chi connectivity index (χ2v) is 2.76. The molecule has 0 aromatic carbocycles. The minimum atomic E-state index is -0.0994. The van der Waals surface area contributed by atoms with Crippen molar-refractivity contribution >= 4 is 0 Å². The highest BCUT2D eigenvalue weighted by Gasteiger charge is 2.09. The standard InChI is InChI=1S/C10H16N2/c1-4-7-9(5-2)12-10(6-3)8-11/h2,9-10,12H,4,6-7H2,1,3H3. The van der Waals surface area contributed by atoms with Crippen LogP contribution in [0.25, 0.3) is 0 Å². The minimum absolute atomic E-state index is 0.0552. The van der Waals surface area contributed by atoms with Crippen LogP contribution < -0.4 is 5.32 Å². The van der Waals surface area contributed by atoms with Crippen molar-refractivity contribution in [3.05, 3.63) is 0 Å². The van der Waals surface area contributed by atoms with Crippen molar-refractivity contribution in [1.29, 1.82) is 5.26 Å². The van der Waals surface area contributed by atoms with Crippen molar-refractivity contribution < 1.29 is 0 Å². The Kier molecular flexibility index (Phi) is 6.15. The summed E-state index contributed by atoms with van der Waals surface area (Å²) in [6.45, 7) is 4.06. The van der Waals surface area contributed by atoms with E-state index in [0.717, 1.165) is 19.3 Å². The lowest BCUT2D eigenvalue weighted by Gasteiger charge is -2.14. The highest BCUT2D eigenvalue weighted by atomic mass is 14.9. The van der Waals surface area contributed by atoms with E-state index >= 15 is 0 Å². The van der Waals surface area contributed by atoms with E-state index in [0.29, 0.717) is 0 Å². The van der Waals surface area contributed by atoms with Gasteiger partial charge in [0.25, 0.3) is 0 Å². The predicted molar refractivity (Wildman–Crippen MR) is 50.4 cm³/mol. The van der Waals surface area contributed by atoms with E-state index in [-0.39, 0.29) is 12.1 Å². The molecule has 0 fully saturated rings. The molecule has 12 heavy (non-hydrogen) atoms. The van der Waals surface area contributed by atoms with Crippen LogP contribution in [-0.2, 0) is 0 Å². The molecule has 1 N–H and O–H groups in total. The van der Waals surface area contributed by atoms with E-state index in [1.807, 2.05) is 6.92 Å². The summed E-state index contributed by atoms with van der Waals surface area (Å²) < 4.78 is 0. The predicted octanol–water partition coefficient (Wildman–Crippen LogP) is 1.68. The largest absolute Gasteiger partial charge is 0.288 e. The maximum Gasteiger partial charge on any atom is 0.0959 e. The Balaban J connectivity index is 3.86. The SMILES string of the molecule is C#CC(CCC)NC(C#N)CC. The van der Waals surface area contributed by atoms with Crippen LogP contribution in [0, 0.1) is 23.7 Å². The maximum absolute atomic E-state index is 8.66. The third kappa shape index (κ3) is 4.01. The smallest absolute Gasteiger partial charge is 0.0959 e. The summed E-state index contributed by atoms with van der Waals surface area (Å²) in [6.07, 6.45) is 8.08. The number of hydrogen-bond donors (Lipinski definition) is 1. The van der Waals surface area contributed by atoms with Gasteiger partial charge in [-0.2, -0.15) is 5.26 Å². The molecular weight excluding hydrogens is 148 g/mol. The van der Waals surface area contributed by atoms with E-state index < -0.39 is 0 Å². The third-order valence-electron chi connectivity index (χ3n) is 1.74. The molecule has 2 heteroatoms. The summed E-state index contributed by atoms with van der Waals surface area (Å²) in [7, 11) is 0. The summed E-state index contributed by atoms with van der Waals surface area (Å²) in [5.74, 6) is 2.64. The Bertz CT molecular complexity index is 185. The lowest BCUT2D eigenvalue weighted by molar-refractivity contribution is 0.507. The lowest BCUT2D eigenvalue weighted by Crippen LogP contribution is -2.35. The van der Waals surface area contributed by atoms with Crippen LogP contribution in [0.4, 0.5) is 0 Å². The average molecular weight is 164 g/mol. The summed E-state index contributed by atoms with van der Waals surface area (Å²) in [4.78, 5) is 0. The van der Waals surface area contributed by atoms with Crippen molar-refractivity contribution in [2.24, 2.45) is 0 Å². The van der Waals surface area contributed by atoms with Gasteiger partial charge in [-0.05, 0) is 12.8 Å². The van der Waals surface area contributed by atoms with Gasteiger partial charge in [0.05, 0.1) is 18.2 Å². The van der Waals surface area contributed by atoms with Gasteiger partial charge in [-0.25, -0.2) is 0 Å². The molecule has 0 aromatic rings. The van der Waals surface area contributed by atoms with E-state index in [4.69, 9.17) is 11.7 Å². The first-order chi connectivity index (χ1) is 5.78. The molecule has 0 rings (SSSR count). The molecule has 2 atom stereocenters. The van der Waals surface area contributed by atoms with Gasteiger partial charge in [0.2, 0.25) is 0 Å². The molecule has 2 nitrogen and oxygen atoms in total. The number of nitriles is 1. The van der Waals surface area contributed by atoms with Crippen LogP contribution in [-0.4, -0.2) is 12.1 Å². The van der Waals surface area contributed by atoms with Crippen LogP contribution >= 0.6 is 0 Å². The van der Waals surface area contributed by atoms with Crippen LogP contribution in [0.15, 0.2) is 0 Å². The summed E-state index contributed by atoms with van der Waals surface area (Å²) in [5.41, 5.74) is 0. The first-order valence-electron chi connectivity index (χ1n) is 4.40. The highest BCUT2D eigenvalue weighted by molar-refractivity contribution is 5.02. The molecule has 0 bridgehead atoms. The van der Waals surface area contributed by atoms with Crippen LogP contribution in [0.5, 0.6) is 0 Å². The molecule has 0 aliphatic heterocycles. The summed E-state index contributed by atoms with van der Waals surface area (Å²) in [6, 6.07) is 2.12. The number of hydrogen-bond acceptors (Lipinski definition) is 2. The molecule has 66 valence electrons. The van der Waals surface area contributed by atoms with Gasteiger partial charge in [-0.3, -0.25) is 5.32 Å². The van der Waals surface area contributed by atoms with Gasteiger partial charge < -0.3 is 0 Å². The van der Waals surface area contributed by atoms with E-state index in [9.17, 15) is 0 Å². The third-order valence-corrected chi connectivity index (χ3v) is 1.74. The second kappa shape index (κ2) is 6.70. The molecule has 0 aromatic heterocycles. The number of rotatable bonds is 5. The van der Waals surface area contributed by atoms with Crippen molar-refractivity contribution in [1.82, 2.24) is 5.32 Å². The van der Waals surface area contributed by atoms with Gasteiger partial charge in [0, 0.05) is 0 Å². The van der Waals surface area contributed by atoms with Crippen LogP contribution in [0.2, 0.25) is 0 Å². The van der Waals surface area contributed by atoms with Gasteiger partial charge in [-0.15, -0.1) is 6.42 Å². The van der Waals surface area contributed by atoms with Crippen molar-refractivity contribution in [2.45, 2.75) is 45.2 Å². The minimum Gasteiger partial charge on any atom is -0.288 e. The van der Waals surface area contributed by atoms with Gasteiger partial charge in [0.15, 0.2) is 0 Å². The van der Waals surface area contributed by atoms with Crippen molar-refractivity contribution in [2.75, 3.05) is 0 Å². The van der Waals surface area contributed by atoms with E-state index in [1.54, 1.807) is 0 Å². The van der Waals surface area contributed by atoms with Gasteiger partial charge in [-0.1, -0.05) is 26.2 Å². The number of nitrogens with zero attached hydrogens (tertiary/aromatic N) is 1. The second-order valence-electron chi connectivity index (χ2n) is 2.76. The van der Waals surface area contributed by atoms with E-state index in [2.05, 4.69) is 24.2 Å². The fourth-order valence-electron chi connectivity index (χ4n) is 0.993. The molecule has 0 heterocycles. The first-order valence-corrected chi connectivity index (χ1v) is 4.40. The van der Waals surface area contributed by atoms with E-state index in [1.165, 1.54) is 0 Å². The summed E-state index contributed by atoms with van der Waals surface area (Å²) in [5, 5.41) is 11.8. The monoisotopic (exact) mass is 164 g/mol. The van der Waals surface area contributed by atoms with Crippen LogP contribution in [0.3, 0.4) is 0 Å². The topological polar surface area (TPSA) is 35.8 Å². The quantitative estimate of drug-likeness (QED) is 0.627. The first kappa shape index (κ1) is 11.0. The number of nitrogens with one attached hydrogen (secondary N) is 1. The fourth-order valence-corrected chi connectivity index (χ4v) is 0.993. The molecule has 0 saturated carbocycles. The maximum atomic E-state index is 8.66. The molecule has 0 aliphatic rings. The highest BCUT2D eigenvalue weighted by Crippen LogP contribution is 1.98. The Labute approximate surface area is 75.0 Å². The molecular formula is C10H16N2. The zero-order chi connectivity index (χ0) is 9.40. The zero-order valence-corrected chi connectivity index (χ0v) is 7.80. The zero-order valence-electron chi connectivity index (χ0n) is 7.80. The van der Waals surface area contributed by atoms with Gasteiger partial charge in [0.1, 0.15) is 0 Å². The molecule has 0 amide bonds. The molecule has 0 radical (unpaired) electrons. The fraction of sp³-hybridized carbons (Fsp3) is 0.700. The molecule has 0 saturated heterocycles. The number of terminal acetylenes is 1. The molecule has 0 spiro atoms. The molecule has 2 unspecified atom stereocenters. The Morgan fingerprint density at radius 3 is 2.42 bits per heavy atom. The Morgan fingerprint density at radius 1 is 1.42 bits per heavy atom. The normalized spacial score (nSPS) is 14.3. The van der Waals surface area contributed by atoms with Gasteiger partial charge >= 0.3 is 0 Å². The summed E-state index contributed by atoms with van der Waals surface area (Å²) >= 11 is 0. The van der Waals surface area contributed by atoms with Crippen molar-refractivity contribution in [3.8, 4) is 18.4 Å². The van der Waals surface area contributed by atoms with Crippen LogP contribution in [0.1, 0.15) is 33.1 Å². The van der Waals surface area contributed by atoms with Crippen molar-refractivity contribution in [3.63, 3.8) is 0 Å².